The summed E-state index contributed by atoms with van der Waals surface area (Å²) in [6.07, 6.45) is 1.86. The van der Waals surface area contributed by atoms with Gasteiger partial charge < -0.3 is 14.9 Å². The lowest BCUT2D eigenvalue weighted by Crippen LogP contribution is -2.28. The highest BCUT2D eigenvalue weighted by molar-refractivity contribution is 6.30. The second-order valence-electron chi connectivity index (χ2n) is 5.15. The number of nitrogens with one attached hydrogen (secondary N) is 1. The molecule has 0 radical (unpaired) electrons. The molecule has 0 bridgehead atoms. The van der Waals surface area contributed by atoms with E-state index in [1.807, 2.05) is 12.1 Å². The number of halogens is 3. The Labute approximate surface area is 154 Å². The third kappa shape index (κ3) is 7.06. The summed E-state index contributed by atoms with van der Waals surface area (Å²) in [7, 11) is 0. The van der Waals surface area contributed by atoms with Crippen LogP contribution in [0.3, 0.4) is 0 Å². The van der Waals surface area contributed by atoms with Crippen LogP contribution in [0.5, 0.6) is 5.75 Å². The first kappa shape index (κ1) is 19.7. The van der Waals surface area contributed by atoms with E-state index in [2.05, 4.69) is 15.2 Å². The molecular weight excluding hydrogens is 366 g/mol. The van der Waals surface area contributed by atoms with Crippen molar-refractivity contribution in [2.24, 2.45) is 5.16 Å². The molecule has 1 N–H and O–H groups in total. The SMILES string of the molecule is O=C(CON=Cc1ccccc1OC(F)F)NCCc1ccc(Cl)cc1. The van der Waals surface area contributed by atoms with E-state index in [0.29, 0.717) is 23.6 Å². The van der Waals surface area contributed by atoms with Crippen molar-refractivity contribution in [3.63, 3.8) is 0 Å². The van der Waals surface area contributed by atoms with Crippen molar-refractivity contribution >= 4 is 23.7 Å². The van der Waals surface area contributed by atoms with E-state index >= 15 is 0 Å². The van der Waals surface area contributed by atoms with Crippen molar-refractivity contribution in [1.29, 1.82) is 0 Å². The van der Waals surface area contributed by atoms with Gasteiger partial charge in [0.15, 0.2) is 6.61 Å². The van der Waals surface area contributed by atoms with Crippen molar-refractivity contribution in [3.8, 4) is 5.75 Å². The molecule has 0 aliphatic rings. The molecule has 2 rings (SSSR count). The molecule has 0 aliphatic carbocycles. The Kier molecular flexibility index (Phi) is 7.82. The van der Waals surface area contributed by atoms with Gasteiger partial charge >= 0.3 is 6.61 Å². The summed E-state index contributed by atoms with van der Waals surface area (Å²) >= 11 is 5.80. The molecule has 0 spiro atoms. The van der Waals surface area contributed by atoms with Gasteiger partial charge in [-0.1, -0.05) is 41.0 Å². The quantitative estimate of drug-likeness (QED) is 0.532. The number of hydrogen-bond donors (Lipinski definition) is 1. The molecule has 2 aromatic rings. The van der Waals surface area contributed by atoms with E-state index in [4.69, 9.17) is 16.4 Å². The van der Waals surface area contributed by atoms with E-state index in [1.54, 1.807) is 24.3 Å². The minimum Gasteiger partial charge on any atom is -0.434 e. The Bertz CT molecular complexity index is 739. The molecule has 0 fully saturated rings. The molecule has 1 amide bonds. The first-order chi connectivity index (χ1) is 12.5. The number of para-hydroxylation sites is 1. The Hall–Kier alpha value is -2.67. The van der Waals surface area contributed by atoms with Crippen LogP contribution in [-0.4, -0.2) is 31.9 Å². The number of carbonyl (C=O) groups excluding carboxylic acids is 1. The molecule has 0 atom stereocenters. The van der Waals surface area contributed by atoms with Crippen molar-refractivity contribution in [3.05, 3.63) is 64.7 Å². The highest BCUT2D eigenvalue weighted by Gasteiger charge is 2.07. The van der Waals surface area contributed by atoms with Gasteiger partial charge in [0.1, 0.15) is 5.75 Å². The van der Waals surface area contributed by atoms with Crippen LogP contribution in [0.4, 0.5) is 8.78 Å². The summed E-state index contributed by atoms with van der Waals surface area (Å²) < 4.78 is 29.0. The lowest BCUT2D eigenvalue weighted by atomic mass is 10.1. The predicted molar refractivity (Wildman–Crippen MR) is 94.8 cm³/mol. The maximum atomic E-state index is 12.3. The fourth-order valence-corrected chi connectivity index (χ4v) is 2.15. The number of amides is 1. The van der Waals surface area contributed by atoms with Gasteiger partial charge in [0.05, 0.1) is 6.21 Å². The highest BCUT2D eigenvalue weighted by Crippen LogP contribution is 2.18. The zero-order chi connectivity index (χ0) is 18.8. The van der Waals surface area contributed by atoms with Crippen LogP contribution in [0.2, 0.25) is 5.02 Å². The number of oxime groups is 1. The maximum absolute atomic E-state index is 12.3. The largest absolute Gasteiger partial charge is 0.434 e. The number of nitrogens with zero attached hydrogens (tertiary/aromatic N) is 1. The van der Waals surface area contributed by atoms with Crippen LogP contribution in [0.1, 0.15) is 11.1 Å². The molecule has 138 valence electrons. The standard InChI is InChI=1S/C18H17ClF2N2O3/c19-15-7-5-13(6-8-15)9-10-22-17(24)12-25-23-11-14-3-1-2-4-16(14)26-18(20)21/h1-8,11,18H,9-10,12H2,(H,22,24). The summed E-state index contributed by atoms with van der Waals surface area (Å²) in [6.45, 7) is -2.77. The monoisotopic (exact) mass is 382 g/mol. The zero-order valence-electron chi connectivity index (χ0n) is 13.7. The molecule has 0 aromatic heterocycles. The normalized spacial score (nSPS) is 10.9. The summed E-state index contributed by atoms with van der Waals surface area (Å²) in [6, 6.07) is 13.5. The number of carbonyl (C=O) groups is 1. The predicted octanol–water partition coefficient (Wildman–Crippen LogP) is 3.65. The second-order valence-corrected chi connectivity index (χ2v) is 5.59. The molecule has 0 unspecified atom stereocenters. The molecule has 0 heterocycles. The Morgan fingerprint density at radius 1 is 1.19 bits per heavy atom. The van der Waals surface area contributed by atoms with Gasteiger partial charge in [-0.05, 0) is 36.2 Å². The second kappa shape index (κ2) is 10.4. The molecular formula is C18H17ClF2N2O3. The maximum Gasteiger partial charge on any atom is 0.387 e. The number of hydrogen-bond acceptors (Lipinski definition) is 4. The highest BCUT2D eigenvalue weighted by atomic mass is 35.5. The average molecular weight is 383 g/mol. The summed E-state index contributed by atoms with van der Waals surface area (Å²) in [5.74, 6) is -0.365. The minimum atomic E-state index is -2.93. The van der Waals surface area contributed by atoms with E-state index in [0.717, 1.165) is 5.56 Å². The Balaban J connectivity index is 1.71. The molecule has 5 nitrogen and oxygen atoms in total. The van der Waals surface area contributed by atoms with Crippen molar-refractivity contribution in [2.75, 3.05) is 13.2 Å². The zero-order valence-corrected chi connectivity index (χ0v) is 14.5. The molecule has 0 saturated heterocycles. The van der Waals surface area contributed by atoms with Crippen LogP contribution in [0.15, 0.2) is 53.7 Å². The first-order valence-corrected chi connectivity index (χ1v) is 8.12. The minimum absolute atomic E-state index is 0.0257. The fourth-order valence-electron chi connectivity index (χ4n) is 2.03. The first-order valence-electron chi connectivity index (χ1n) is 7.75. The number of rotatable bonds is 9. The van der Waals surface area contributed by atoms with Crippen LogP contribution >= 0.6 is 11.6 Å². The smallest absolute Gasteiger partial charge is 0.387 e. The van der Waals surface area contributed by atoms with Gasteiger partial charge in [-0.15, -0.1) is 0 Å². The summed E-state index contributed by atoms with van der Waals surface area (Å²) in [4.78, 5) is 16.5. The summed E-state index contributed by atoms with van der Waals surface area (Å²) in [5.41, 5.74) is 1.36. The van der Waals surface area contributed by atoms with Crippen molar-refractivity contribution < 1.29 is 23.1 Å². The van der Waals surface area contributed by atoms with Crippen molar-refractivity contribution in [2.45, 2.75) is 13.0 Å². The van der Waals surface area contributed by atoms with Gasteiger partial charge in [0.25, 0.3) is 5.91 Å². The molecule has 0 saturated carbocycles. The van der Waals surface area contributed by atoms with Gasteiger partial charge in [-0.25, -0.2) is 0 Å². The van der Waals surface area contributed by atoms with E-state index in [1.165, 1.54) is 18.3 Å². The summed E-state index contributed by atoms with van der Waals surface area (Å²) in [5, 5.41) is 6.94. The molecule has 8 heteroatoms. The fraction of sp³-hybridized carbons (Fsp3) is 0.222. The number of benzene rings is 2. The third-order valence-corrected chi connectivity index (χ3v) is 3.50. The topological polar surface area (TPSA) is 59.9 Å². The Morgan fingerprint density at radius 3 is 2.65 bits per heavy atom. The van der Waals surface area contributed by atoms with Crippen LogP contribution in [-0.2, 0) is 16.1 Å². The molecule has 0 aliphatic heterocycles. The van der Waals surface area contributed by atoms with Gasteiger partial charge in [0, 0.05) is 17.1 Å². The van der Waals surface area contributed by atoms with Crippen LogP contribution in [0, 0.1) is 0 Å². The average Bonchev–Trinajstić information content (AvgIpc) is 2.61. The molecule has 26 heavy (non-hydrogen) atoms. The van der Waals surface area contributed by atoms with E-state index in [-0.39, 0.29) is 18.3 Å². The van der Waals surface area contributed by atoms with Crippen molar-refractivity contribution in [1.82, 2.24) is 5.32 Å². The Morgan fingerprint density at radius 2 is 1.92 bits per heavy atom. The van der Waals surface area contributed by atoms with E-state index in [9.17, 15) is 13.6 Å². The lowest BCUT2D eigenvalue weighted by Gasteiger charge is -2.07. The van der Waals surface area contributed by atoms with Gasteiger partial charge in [-0.3, -0.25) is 4.79 Å². The van der Waals surface area contributed by atoms with Gasteiger partial charge in [0.2, 0.25) is 0 Å². The van der Waals surface area contributed by atoms with Crippen LogP contribution in [0.25, 0.3) is 0 Å². The molecule has 2 aromatic carbocycles. The number of alkyl halides is 2. The third-order valence-electron chi connectivity index (χ3n) is 3.25. The lowest BCUT2D eigenvalue weighted by molar-refractivity contribution is -0.125. The van der Waals surface area contributed by atoms with Gasteiger partial charge in [-0.2, -0.15) is 8.78 Å². The van der Waals surface area contributed by atoms with Crippen LogP contribution < -0.4 is 10.1 Å². The van der Waals surface area contributed by atoms with E-state index < -0.39 is 6.61 Å². The number of ether oxygens (including phenoxy) is 1.